The highest BCUT2D eigenvalue weighted by Crippen LogP contribution is 2.21. The van der Waals surface area contributed by atoms with Gasteiger partial charge in [0.25, 0.3) is 0 Å². The van der Waals surface area contributed by atoms with Gasteiger partial charge < -0.3 is 5.32 Å². The summed E-state index contributed by atoms with van der Waals surface area (Å²) >= 11 is 3.34. The number of amides is 1. The molecule has 1 aliphatic heterocycles. The molecule has 21 heavy (non-hydrogen) atoms. The van der Waals surface area contributed by atoms with Crippen LogP contribution in [0.15, 0.2) is 29.2 Å². The Morgan fingerprint density at radius 1 is 1.29 bits per heavy atom. The molecule has 1 saturated heterocycles. The highest BCUT2D eigenvalue weighted by Gasteiger charge is 2.29. The second-order valence-electron chi connectivity index (χ2n) is 5.16. The number of nitrogens with one attached hydrogen (secondary N) is 1. The summed E-state index contributed by atoms with van der Waals surface area (Å²) in [7, 11) is -3.43. The molecule has 5 nitrogen and oxygen atoms in total. The highest BCUT2D eigenvalue weighted by molar-refractivity contribution is 9.08. The lowest BCUT2D eigenvalue weighted by Gasteiger charge is -2.31. The third-order valence-corrected chi connectivity index (χ3v) is 6.14. The second-order valence-corrected chi connectivity index (χ2v) is 7.66. The van der Waals surface area contributed by atoms with E-state index >= 15 is 0 Å². The SMILES string of the molecule is CC(=O)NC1CCN(S(=O)(=O)c2ccc(CBr)cc2)CC1. The molecule has 0 spiro atoms. The van der Waals surface area contributed by atoms with Crippen LogP contribution >= 0.6 is 15.9 Å². The predicted molar refractivity (Wildman–Crippen MR) is 84.7 cm³/mol. The summed E-state index contributed by atoms with van der Waals surface area (Å²) in [6.45, 7) is 2.36. The topological polar surface area (TPSA) is 66.5 Å². The maximum absolute atomic E-state index is 12.5. The molecule has 0 radical (unpaired) electrons. The number of piperidine rings is 1. The lowest BCUT2D eigenvalue weighted by molar-refractivity contribution is -0.119. The van der Waals surface area contributed by atoms with Gasteiger partial charge in [0, 0.05) is 31.4 Å². The average molecular weight is 375 g/mol. The summed E-state index contributed by atoms with van der Waals surface area (Å²) in [4.78, 5) is 11.3. The van der Waals surface area contributed by atoms with Crippen molar-refractivity contribution in [2.75, 3.05) is 13.1 Å². The largest absolute Gasteiger partial charge is 0.354 e. The van der Waals surface area contributed by atoms with Crippen LogP contribution in [0.3, 0.4) is 0 Å². The van der Waals surface area contributed by atoms with Gasteiger partial charge >= 0.3 is 0 Å². The molecular weight excluding hydrogens is 356 g/mol. The Hall–Kier alpha value is -0.920. The molecule has 1 aliphatic rings. The van der Waals surface area contributed by atoms with Crippen LogP contribution in [0.2, 0.25) is 0 Å². The summed E-state index contributed by atoms with van der Waals surface area (Å²) < 4.78 is 26.6. The lowest BCUT2D eigenvalue weighted by Crippen LogP contribution is -2.45. The van der Waals surface area contributed by atoms with Crippen molar-refractivity contribution in [3.05, 3.63) is 29.8 Å². The second kappa shape index (κ2) is 6.89. The van der Waals surface area contributed by atoms with Crippen molar-refractivity contribution in [1.29, 1.82) is 0 Å². The van der Waals surface area contributed by atoms with Crippen LogP contribution in [-0.4, -0.2) is 37.8 Å². The molecule has 1 amide bonds. The van der Waals surface area contributed by atoms with Gasteiger partial charge in [-0.3, -0.25) is 4.79 Å². The minimum absolute atomic E-state index is 0.0679. The van der Waals surface area contributed by atoms with E-state index in [1.165, 1.54) is 11.2 Å². The number of hydrogen-bond acceptors (Lipinski definition) is 3. The van der Waals surface area contributed by atoms with E-state index in [0.717, 1.165) is 5.56 Å². The molecule has 0 bridgehead atoms. The van der Waals surface area contributed by atoms with Crippen LogP contribution in [0.4, 0.5) is 0 Å². The van der Waals surface area contributed by atoms with E-state index in [1.54, 1.807) is 12.1 Å². The molecule has 1 heterocycles. The molecule has 1 N–H and O–H groups in total. The Bertz CT molecular complexity index is 593. The van der Waals surface area contributed by atoms with Crippen molar-refractivity contribution in [1.82, 2.24) is 9.62 Å². The van der Waals surface area contributed by atoms with Crippen molar-refractivity contribution < 1.29 is 13.2 Å². The van der Waals surface area contributed by atoms with Gasteiger partial charge in [-0.15, -0.1) is 0 Å². The lowest BCUT2D eigenvalue weighted by atomic mass is 10.1. The number of sulfonamides is 1. The zero-order chi connectivity index (χ0) is 15.5. The normalized spacial score (nSPS) is 17.6. The van der Waals surface area contributed by atoms with Crippen LogP contribution in [0.25, 0.3) is 0 Å². The van der Waals surface area contributed by atoms with Crippen molar-refractivity contribution in [2.45, 2.75) is 36.0 Å². The van der Waals surface area contributed by atoms with E-state index in [9.17, 15) is 13.2 Å². The zero-order valence-corrected chi connectivity index (χ0v) is 14.3. The van der Waals surface area contributed by atoms with Crippen LogP contribution in [-0.2, 0) is 20.1 Å². The van der Waals surface area contributed by atoms with Crippen molar-refractivity contribution >= 4 is 31.9 Å². The quantitative estimate of drug-likeness (QED) is 0.818. The number of carbonyl (C=O) groups is 1. The molecule has 1 aromatic rings. The standard InChI is InChI=1S/C14H19BrN2O3S/c1-11(18)16-13-6-8-17(9-7-13)21(19,20)14-4-2-12(10-15)3-5-14/h2-5,13H,6-10H2,1H3,(H,16,18). The maximum Gasteiger partial charge on any atom is 0.243 e. The fraction of sp³-hybridized carbons (Fsp3) is 0.500. The minimum atomic E-state index is -3.43. The number of alkyl halides is 1. The van der Waals surface area contributed by atoms with Crippen LogP contribution in [0.5, 0.6) is 0 Å². The molecule has 0 aromatic heterocycles. The number of rotatable bonds is 4. The van der Waals surface area contributed by atoms with E-state index in [2.05, 4.69) is 21.2 Å². The Morgan fingerprint density at radius 2 is 1.86 bits per heavy atom. The van der Waals surface area contributed by atoms with Crippen LogP contribution in [0, 0.1) is 0 Å². The van der Waals surface area contributed by atoms with Crippen molar-refractivity contribution in [3.8, 4) is 0 Å². The number of carbonyl (C=O) groups excluding carboxylic acids is 1. The van der Waals surface area contributed by atoms with E-state index in [-0.39, 0.29) is 11.9 Å². The first kappa shape index (κ1) is 16.5. The van der Waals surface area contributed by atoms with Crippen LogP contribution in [0.1, 0.15) is 25.3 Å². The van der Waals surface area contributed by atoms with Gasteiger partial charge in [-0.05, 0) is 30.5 Å². The average Bonchev–Trinajstić information content (AvgIpc) is 2.47. The van der Waals surface area contributed by atoms with Gasteiger partial charge in [-0.1, -0.05) is 28.1 Å². The Morgan fingerprint density at radius 3 is 2.33 bits per heavy atom. The molecule has 2 rings (SSSR count). The molecular formula is C14H19BrN2O3S. The van der Waals surface area contributed by atoms with Crippen molar-refractivity contribution in [3.63, 3.8) is 0 Å². The Labute approximate surface area is 133 Å². The van der Waals surface area contributed by atoms with Gasteiger partial charge in [-0.2, -0.15) is 4.31 Å². The summed E-state index contributed by atoms with van der Waals surface area (Å²) in [5, 5.41) is 3.55. The van der Waals surface area contributed by atoms with Crippen molar-refractivity contribution in [2.24, 2.45) is 0 Å². The molecule has 0 saturated carbocycles. The van der Waals surface area contributed by atoms with Gasteiger partial charge in [0.05, 0.1) is 4.90 Å². The number of halogens is 1. The fourth-order valence-electron chi connectivity index (χ4n) is 2.43. The molecule has 0 atom stereocenters. The van der Waals surface area contributed by atoms with Crippen LogP contribution < -0.4 is 5.32 Å². The number of benzene rings is 1. The zero-order valence-electron chi connectivity index (χ0n) is 11.9. The Kier molecular flexibility index (Phi) is 5.40. The smallest absolute Gasteiger partial charge is 0.243 e. The number of nitrogens with zero attached hydrogens (tertiary/aromatic N) is 1. The molecule has 1 aromatic carbocycles. The Balaban J connectivity index is 2.05. The maximum atomic E-state index is 12.5. The van der Waals surface area contributed by atoms with E-state index in [1.807, 2.05) is 12.1 Å². The first-order valence-corrected chi connectivity index (χ1v) is 9.42. The molecule has 116 valence electrons. The third-order valence-electron chi connectivity index (χ3n) is 3.58. The fourth-order valence-corrected chi connectivity index (χ4v) is 4.27. The summed E-state index contributed by atoms with van der Waals surface area (Å²) in [5.74, 6) is -0.0679. The summed E-state index contributed by atoms with van der Waals surface area (Å²) in [6, 6.07) is 6.99. The van der Waals surface area contributed by atoms with Gasteiger partial charge in [0.15, 0.2) is 0 Å². The molecule has 1 fully saturated rings. The first-order chi connectivity index (χ1) is 9.93. The van der Waals surface area contributed by atoms with Gasteiger partial charge in [-0.25, -0.2) is 8.42 Å². The first-order valence-electron chi connectivity index (χ1n) is 6.85. The van der Waals surface area contributed by atoms with Gasteiger partial charge in [0.1, 0.15) is 0 Å². The van der Waals surface area contributed by atoms with Gasteiger partial charge in [0.2, 0.25) is 15.9 Å². The highest BCUT2D eigenvalue weighted by atomic mass is 79.9. The van der Waals surface area contributed by atoms with E-state index < -0.39 is 10.0 Å². The monoisotopic (exact) mass is 374 g/mol. The predicted octanol–water partition coefficient (Wildman–Crippen LogP) is 1.87. The third kappa shape index (κ3) is 4.05. The summed E-state index contributed by atoms with van der Waals surface area (Å²) in [6.07, 6.45) is 1.30. The number of hydrogen-bond donors (Lipinski definition) is 1. The summed E-state index contributed by atoms with van der Waals surface area (Å²) in [5.41, 5.74) is 1.04. The molecule has 7 heteroatoms. The molecule has 0 aliphatic carbocycles. The minimum Gasteiger partial charge on any atom is -0.354 e. The molecule has 0 unspecified atom stereocenters. The van der Waals surface area contributed by atoms with E-state index in [4.69, 9.17) is 0 Å². The van der Waals surface area contributed by atoms with E-state index in [0.29, 0.717) is 36.2 Å².